The summed E-state index contributed by atoms with van der Waals surface area (Å²) < 4.78 is 0. The Morgan fingerprint density at radius 1 is 1.64 bits per heavy atom. The van der Waals surface area contributed by atoms with Crippen molar-refractivity contribution < 1.29 is 9.63 Å². The maximum Gasteiger partial charge on any atom is 0.261 e. The third-order valence-corrected chi connectivity index (χ3v) is 1.29. The number of nitriles is 1. The van der Waals surface area contributed by atoms with E-state index in [9.17, 15) is 4.79 Å². The van der Waals surface area contributed by atoms with Crippen LogP contribution in [0.3, 0.4) is 0 Å². The van der Waals surface area contributed by atoms with Gasteiger partial charge in [-0.1, -0.05) is 13.8 Å². The van der Waals surface area contributed by atoms with Gasteiger partial charge in [0.25, 0.3) is 5.91 Å². The van der Waals surface area contributed by atoms with Crippen LogP contribution in [0.25, 0.3) is 0 Å². The van der Waals surface area contributed by atoms with Gasteiger partial charge >= 0.3 is 0 Å². The van der Waals surface area contributed by atoms with Crippen molar-refractivity contribution in [1.29, 1.82) is 5.26 Å². The molecule has 1 unspecified atom stereocenters. The SMILES string of the molecule is CONC(=O)C(C#N)C(C)C. The van der Waals surface area contributed by atoms with Crippen LogP contribution in [0.1, 0.15) is 13.8 Å². The normalized spacial score (nSPS) is 12.3. The Morgan fingerprint density at radius 3 is 2.45 bits per heavy atom. The number of carbonyl (C=O) groups is 1. The molecule has 0 rings (SSSR count). The van der Waals surface area contributed by atoms with Gasteiger partial charge in [-0.2, -0.15) is 5.26 Å². The van der Waals surface area contributed by atoms with Gasteiger partial charge in [0, 0.05) is 0 Å². The van der Waals surface area contributed by atoms with Crippen molar-refractivity contribution in [2.45, 2.75) is 13.8 Å². The van der Waals surface area contributed by atoms with Crippen molar-refractivity contribution in [3.8, 4) is 6.07 Å². The van der Waals surface area contributed by atoms with Gasteiger partial charge in [-0.05, 0) is 5.92 Å². The second-order valence-electron chi connectivity index (χ2n) is 2.52. The summed E-state index contributed by atoms with van der Waals surface area (Å²) in [6.45, 7) is 3.62. The quantitative estimate of drug-likeness (QED) is 0.604. The van der Waals surface area contributed by atoms with Crippen LogP contribution in [-0.2, 0) is 9.63 Å². The molecule has 0 spiro atoms. The topological polar surface area (TPSA) is 62.1 Å². The molecule has 0 aromatic rings. The molecule has 0 saturated heterocycles. The number of rotatable bonds is 3. The molecule has 0 aliphatic heterocycles. The molecule has 0 bridgehead atoms. The van der Waals surface area contributed by atoms with E-state index < -0.39 is 5.92 Å². The predicted octanol–water partition coefficient (Wildman–Crippen LogP) is 0.460. The van der Waals surface area contributed by atoms with E-state index in [1.54, 1.807) is 0 Å². The fourth-order valence-corrected chi connectivity index (χ4v) is 0.675. The lowest BCUT2D eigenvalue weighted by atomic mass is 9.97. The van der Waals surface area contributed by atoms with Crippen LogP contribution in [-0.4, -0.2) is 13.0 Å². The summed E-state index contributed by atoms with van der Waals surface area (Å²) >= 11 is 0. The lowest BCUT2D eigenvalue weighted by Crippen LogP contribution is -2.31. The van der Waals surface area contributed by atoms with Crippen LogP contribution in [0.15, 0.2) is 0 Å². The van der Waals surface area contributed by atoms with Gasteiger partial charge in [-0.25, -0.2) is 5.48 Å². The van der Waals surface area contributed by atoms with E-state index in [4.69, 9.17) is 5.26 Å². The molecule has 0 heterocycles. The Hall–Kier alpha value is -1.08. The molecule has 4 nitrogen and oxygen atoms in total. The van der Waals surface area contributed by atoms with Gasteiger partial charge in [0.2, 0.25) is 0 Å². The molecule has 0 aromatic heterocycles. The molecular formula is C7H12N2O2. The number of nitrogens with one attached hydrogen (secondary N) is 1. The highest BCUT2D eigenvalue weighted by atomic mass is 16.6. The van der Waals surface area contributed by atoms with Gasteiger partial charge in [0.05, 0.1) is 13.2 Å². The third-order valence-electron chi connectivity index (χ3n) is 1.29. The molecule has 11 heavy (non-hydrogen) atoms. The molecule has 0 aromatic carbocycles. The van der Waals surface area contributed by atoms with E-state index >= 15 is 0 Å². The first-order valence-electron chi connectivity index (χ1n) is 3.36. The van der Waals surface area contributed by atoms with Crippen molar-refractivity contribution in [2.75, 3.05) is 7.11 Å². The molecule has 1 amide bonds. The van der Waals surface area contributed by atoms with Crippen molar-refractivity contribution in [2.24, 2.45) is 11.8 Å². The highest BCUT2D eigenvalue weighted by Gasteiger charge is 2.20. The van der Waals surface area contributed by atoms with Crippen LogP contribution in [0.4, 0.5) is 0 Å². The van der Waals surface area contributed by atoms with Crippen LogP contribution in [0.2, 0.25) is 0 Å². The van der Waals surface area contributed by atoms with Crippen molar-refractivity contribution in [3.63, 3.8) is 0 Å². The first-order chi connectivity index (χ1) is 5.13. The number of hydrogen-bond acceptors (Lipinski definition) is 3. The molecule has 0 aliphatic carbocycles. The molecule has 0 radical (unpaired) electrons. The zero-order valence-electron chi connectivity index (χ0n) is 6.92. The Kier molecular flexibility index (Phi) is 4.23. The summed E-state index contributed by atoms with van der Waals surface area (Å²) in [7, 11) is 1.34. The monoisotopic (exact) mass is 156 g/mol. The van der Waals surface area contributed by atoms with Gasteiger partial charge in [0.1, 0.15) is 5.92 Å². The predicted molar refractivity (Wildman–Crippen MR) is 39.1 cm³/mol. The lowest BCUT2D eigenvalue weighted by molar-refractivity contribution is -0.134. The second kappa shape index (κ2) is 4.69. The first kappa shape index (κ1) is 9.92. The number of carbonyl (C=O) groups excluding carboxylic acids is 1. The zero-order valence-corrected chi connectivity index (χ0v) is 6.92. The minimum Gasteiger partial charge on any atom is -0.277 e. The Balaban J connectivity index is 4.06. The minimum absolute atomic E-state index is 0.00940. The maximum atomic E-state index is 11.0. The van der Waals surface area contributed by atoms with Crippen LogP contribution in [0.5, 0.6) is 0 Å². The van der Waals surface area contributed by atoms with E-state index in [0.29, 0.717) is 0 Å². The fourth-order valence-electron chi connectivity index (χ4n) is 0.675. The largest absolute Gasteiger partial charge is 0.277 e. The van der Waals surface area contributed by atoms with Crippen molar-refractivity contribution in [1.82, 2.24) is 5.48 Å². The highest BCUT2D eigenvalue weighted by Crippen LogP contribution is 2.08. The first-order valence-corrected chi connectivity index (χ1v) is 3.36. The number of amides is 1. The average molecular weight is 156 g/mol. The fraction of sp³-hybridized carbons (Fsp3) is 0.714. The standard InChI is InChI=1S/C7H12N2O2/c1-5(2)6(4-8)7(10)9-11-3/h5-6H,1-3H3,(H,9,10). The van der Waals surface area contributed by atoms with Crippen LogP contribution < -0.4 is 5.48 Å². The Bertz CT molecular complexity index is 172. The van der Waals surface area contributed by atoms with Gasteiger partial charge in [0.15, 0.2) is 0 Å². The maximum absolute atomic E-state index is 11.0. The summed E-state index contributed by atoms with van der Waals surface area (Å²) in [4.78, 5) is 15.3. The van der Waals surface area contributed by atoms with E-state index in [2.05, 4.69) is 10.3 Å². The van der Waals surface area contributed by atoms with E-state index in [1.165, 1.54) is 7.11 Å². The molecule has 0 aliphatic rings. The summed E-state index contributed by atoms with van der Waals surface area (Å²) in [6.07, 6.45) is 0. The smallest absolute Gasteiger partial charge is 0.261 e. The van der Waals surface area contributed by atoms with Gasteiger partial charge in [-0.15, -0.1) is 0 Å². The number of hydroxylamine groups is 1. The van der Waals surface area contributed by atoms with E-state index in [0.717, 1.165) is 0 Å². The van der Waals surface area contributed by atoms with Crippen molar-refractivity contribution >= 4 is 5.91 Å². The Morgan fingerprint density at radius 2 is 2.18 bits per heavy atom. The summed E-state index contributed by atoms with van der Waals surface area (Å²) in [6, 6.07) is 1.89. The molecule has 0 fully saturated rings. The van der Waals surface area contributed by atoms with Gasteiger partial charge < -0.3 is 0 Å². The molecule has 1 N–H and O–H groups in total. The molecule has 62 valence electrons. The highest BCUT2D eigenvalue weighted by molar-refractivity contribution is 5.80. The number of nitrogens with zero attached hydrogens (tertiary/aromatic N) is 1. The summed E-state index contributed by atoms with van der Waals surface area (Å²) in [5.41, 5.74) is 2.12. The second-order valence-corrected chi connectivity index (χ2v) is 2.52. The van der Waals surface area contributed by atoms with Crippen LogP contribution >= 0.6 is 0 Å². The molecule has 4 heteroatoms. The molecular weight excluding hydrogens is 144 g/mol. The lowest BCUT2D eigenvalue weighted by Gasteiger charge is -2.10. The zero-order chi connectivity index (χ0) is 8.85. The minimum atomic E-state index is -0.630. The molecule has 0 saturated carbocycles. The van der Waals surface area contributed by atoms with E-state index in [1.807, 2.05) is 19.9 Å². The van der Waals surface area contributed by atoms with E-state index in [-0.39, 0.29) is 11.8 Å². The van der Waals surface area contributed by atoms with Gasteiger partial charge in [-0.3, -0.25) is 9.63 Å². The van der Waals surface area contributed by atoms with Crippen molar-refractivity contribution in [3.05, 3.63) is 0 Å². The number of hydrogen-bond donors (Lipinski definition) is 1. The summed E-state index contributed by atoms with van der Waals surface area (Å²) in [5, 5.41) is 8.53. The Labute approximate surface area is 66.1 Å². The average Bonchev–Trinajstić information content (AvgIpc) is 1.88. The summed E-state index contributed by atoms with van der Waals surface area (Å²) in [5.74, 6) is -1.00. The molecule has 1 atom stereocenters. The third kappa shape index (κ3) is 3.01. The van der Waals surface area contributed by atoms with Crippen LogP contribution in [0, 0.1) is 23.2 Å².